The van der Waals surface area contributed by atoms with Crippen molar-refractivity contribution in [3.63, 3.8) is 0 Å². The molecule has 21 heavy (non-hydrogen) atoms. The summed E-state index contributed by atoms with van der Waals surface area (Å²) in [7, 11) is 4.19. The first-order chi connectivity index (χ1) is 10.1. The van der Waals surface area contributed by atoms with Crippen LogP contribution in [0.2, 0.25) is 0 Å². The quantitative estimate of drug-likeness (QED) is 0.864. The predicted molar refractivity (Wildman–Crippen MR) is 85.5 cm³/mol. The van der Waals surface area contributed by atoms with Crippen LogP contribution in [0.15, 0.2) is 11.4 Å². The van der Waals surface area contributed by atoms with Crippen molar-refractivity contribution in [3.05, 3.63) is 21.9 Å². The van der Waals surface area contributed by atoms with Gasteiger partial charge in [-0.15, -0.1) is 11.3 Å². The molecule has 0 spiro atoms. The van der Waals surface area contributed by atoms with Gasteiger partial charge in [0.25, 0.3) is 5.91 Å². The number of hydrogen-bond acceptors (Lipinski definition) is 4. The highest BCUT2D eigenvalue weighted by atomic mass is 32.1. The van der Waals surface area contributed by atoms with Gasteiger partial charge in [0, 0.05) is 31.1 Å². The van der Waals surface area contributed by atoms with Crippen LogP contribution in [0, 0.1) is 11.8 Å². The number of carbonyl (C=O) groups is 1. The Morgan fingerprint density at radius 1 is 1.48 bits per heavy atom. The van der Waals surface area contributed by atoms with E-state index in [1.54, 1.807) is 0 Å². The Morgan fingerprint density at radius 3 is 2.81 bits per heavy atom. The molecule has 2 rings (SSSR count). The van der Waals surface area contributed by atoms with Crippen molar-refractivity contribution < 1.29 is 9.90 Å². The summed E-state index contributed by atoms with van der Waals surface area (Å²) < 4.78 is 0. The molecule has 0 atom stereocenters. The molecule has 1 N–H and O–H groups in total. The number of thiophene rings is 1. The Balaban J connectivity index is 2.02. The van der Waals surface area contributed by atoms with Gasteiger partial charge in [-0.1, -0.05) is 11.8 Å². The Labute approximate surface area is 130 Å². The lowest BCUT2D eigenvalue weighted by molar-refractivity contribution is 0.0668. The fourth-order valence-corrected chi connectivity index (χ4v) is 3.33. The van der Waals surface area contributed by atoms with E-state index in [2.05, 4.69) is 30.8 Å². The predicted octanol–water partition coefficient (Wildman–Crippen LogP) is 1.65. The zero-order chi connectivity index (χ0) is 15.2. The lowest BCUT2D eigenvalue weighted by atomic mass is 10.0. The molecule has 1 fully saturated rings. The molecule has 1 aliphatic heterocycles. The fraction of sp³-hybridized carbons (Fsp3) is 0.562. The Kier molecular flexibility index (Phi) is 5.80. The zero-order valence-corrected chi connectivity index (χ0v) is 13.4. The van der Waals surface area contributed by atoms with Gasteiger partial charge in [-0.2, -0.15) is 0 Å². The Hall–Kier alpha value is -1.35. The van der Waals surface area contributed by atoms with Crippen LogP contribution in [0.3, 0.4) is 0 Å². The maximum Gasteiger partial charge on any atom is 0.265 e. The number of amides is 1. The summed E-state index contributed by atoms with van der Waals surface area (Å²) in [6, 6.07) is 2.45. The molecule has 114 valence electrons. The maximum atomic E-state index is 12.6. The normalized spacial score (nSPS) is 15.9. The van der Waals surface area contributed by atoms with E-state index in [1.807, 2.05) is 16.3 Å². The summed E-state index contributed by atoms with van der Waals surface area (Å²) in [4.78, 5) is 17.5. The summed E-state index contributed by atoms with van der Waals surface area (Å²) >= 11 is 1.45. The minimum atomic E-state index is 0.0540. The summed E-state index contributed by atoms with van der Waals surface area (Å²) in [6.45, 7) is 1.67. The molecule has 0 bridgehead atoms. The van der Waals surface area contributed by atoms with E-state index in [-0.39, 0.29) is 12.5 Å². The Morgan fingerprint density at radius 2 is 2.19 bits per heavy atom. The van der Waals surface area contributed by atoms with Gasteiger partial charge in [0.15, 0.2) is 0 Å². The van der Waals surface area contributed by atoms with E-state index in [9.17, 15) is 4.79 Å². The summed E-state index contributed by atoms with van der Waals surface area (Å²) in [5.74, 6) is 5.97. The number of aliphatic hydroxyl groups is 1. The molecule has 0 aromatic carbocycles. The smallest absolute Gasteiger partial charge is 0.265 e. The average molecular weight is 306 g/mol. The molecule has 5 heteroatoms. The number of carbonyl (C=O) groups excluding carboxylic acids is 1. The van der Waals surface area contributed by atoms with Gasteiger partial charge in [-0.25, -0.2) is 0 Å². The van der Waals surface area contributed by atoms with Crippen molar-refractivity contribution >= 4 is 17.2 Å². The van der Waals surface area contributed by atoms with Crippen LogP contribution in [0.1, 0.15) is 34.5 Å². The van der Waals surface area contributed by atoms with E-state index < -0.39 is 0 Å². The number of hydrogen-bond donors (Lipinski definition) is 1. The van der Waals surface area contributed by atoms with Crippen molar-refractivity contribution in [1.29, 1.82) is 0 Å². The third kappa shape index (κ3) is 4.07. The van der Waals surface area contributed by atoms with Crippen molar-refractivity contribution in [3.8, 4) is 11.8 Å². The minimum Gasteiger partial charge on any atom is -0.395 e. The topological polar surface area (TPSA) is 43.8 Å². The maximum absolute atomic E-state index is 12.6. The molecule has 0 aliphatic carbocycles. The number of piperidine rings is 1. The van der Waals surface area contributed by atoms with E-state index in [0.29, 0.717) is 12.5 Å². The molecule has 1 amide bonds. The monoisotopic (exact) mass is 306 g/mol. The zero-order valence-electron chi connectivity index (χ0n) is 12.6. The van der Waals surface area contributed by atoms with Crippen LogP contribution in [-0.4, -0.2) is 60.6 Å². The van der Waals surface area contributed by atoms with Crippen LogP contribution in [0.25, 0.3) is 0 Å². The van der Waals surface area contributed by atoms with Crippen LogP contribution in [-0.2, 0) is 0 Å². The first-order valence-electron chi connectivity index (χ1n) is 7.26. The lowest BCUT2D eigenvalue weighted by Gasteiger charge is -2.35. The first-order valence-corrected chi connectivity index (χ1v) is 8.14. The van der Waals surface area contributed by atoms with Crippen LogP contribution >= 0.6 is 11.3 Å². The van der Waals surface area contributed by atoms with Crippen LogP contribution < -0.4 is 0 Å². The summed E-state index contributed by atoms with van der Waals surface area (Å²) in [6.07, 6.45) is 2.49. The molecule has 1 aromatic heterocycles. The van der Waals surface area contributed by atoms with Crippen molar-refractivity contribution in [2.24, 2.45) is 0 Å². The second kappa shape index (κ2) is 7.60. The number of aliphatic hydroxyl groups excluding tert-OH is 1. The van der Waals surface area contributed by atoms with E-state index in [0.717, 1.165) is 36.4 Å². The standard InChI is InChI=1S/C16H22N2O2S/c1-17(2)14-6-9-18(10-7-14)16(20)15-13(8-12-21-15)5-3-4-11-19/h8,12,14,19H,4,6-7,9-11H2,1-2H3. The second-order valence-electron chi connectivity index (χ2n) is 5.43. The number of likely N-dealkylation sites (tertiary alicyclic amines) is 1. The Bertz CT molecular complexity index is 534. The average Bonchev–Trinajstić information content (AvgIpc) is 2.95. The molecule has 2 heterocycles. The SMILES string of the molecule is CN(C)C1CCN(C(=O)c2sccc2C#CCCO)CC1. The second-order valence-corrected chi connectivity index (χ2v) is 6.34. The number of rotatable bonds is 3. The van der Waals surface area contributed by atoms with Gasteiger partial charge in [0.1, 0.15) is 4.88 Å². The molecule has 0 radical (unpaired) electrons. The molecule has 1 aliphatic rings. The molecular weight excluding hydrogens is 284 g/mol. The molecule has 1 aromatic rings. The van der Waals surface area contributed by atoms with Crippen molar-refractivity contribution in [2.45, 2.75) is 25.3 Å². The van der Waals surface area contributed by atoms with Crippen molar-refractivity contribution in [1.82, 2.24) is 9.80 Å². The van der Waals surface area contributed by atoms with Crippen LogP contribution in [0.4, 0.5) is 0 Å². The fourth-order valence-electron chi connectivity index (χ4n) is 2.52. The molecule has 0 saturated carbocycles. The molecule has 1 saturated heterocycles. The largest absolute Gasteiger partial charge is 0.395 e. The first kappa shape index (κ1) is 16.0. The third-order valence-corrected chi connectivity index (χ3v) is 4.70. The molecule has 4 nitrogen and oxygen atoms in total. The third-order valence-electron chi connectivity index (χ3n) is 3.80. The van der Waals surface area contributed by atoms with Gasteiger partial charge in [-0.3, -0.25) is 4.79 Å². The van der Waals surface area contributed by atoms with E-state index in [1.165, 1.54) is 11.3 Å². The summed E-state index contributed by atoms with van der Waals surface area (Å²) in [5, 5.41) is 10.7. The van der Waals surface area contributed by atoms with E-state index in [4.69, 9.17) is 5.11 Å². The van der Waals surface area contributed by atoms with E-state index >= 15 is 0 Å². The van der Waals surface area contributed by atoms with Gasteiger partial charge in [0.05, 0.1) is 6.61 Å². The van der Waals surface area contributed by atoms with Gasteiger partial charge in [-0.05, 0) is 38.4 Å². The highest BCUT2D eigenvalue weighted by molar-refractivity contribution is 7.12. The highest BCUT2D eigenvalue weighted by Crippen LogP contribution is 2.22. The van der Waals surface area contributed by atoms with Gasteiger partial charge >= 0.3 is 0 Å². The minimum absolute atomic E-state index is 0.0540. The molecular formula is C16H22N2O2S. The number of nitrogens with zero attached hydrogens (tertiary/aromatic N) is 2. The summed E-state index contributed by atoms with van der Waals surface area (Å²) in [5.41, 5.74) is 0.785. The molecule has 0 unspecified atom stereocenters. The lowest BCUT2D eigenvalue weighted by Crippen LogP contribution is -2.44. The highest BCUT2D eigenvalue weighted by Gasteiger charge is 2.26. The van der Waals surface area contributed by atoms with Gasteiger partial charge in [0.2, 0.25) is 0 Å². The van der Waals surface area contributed by atoms with Gasteiger partial charge < -0.3 is 14.9 Å². The van der Waals surface area contributed by atoms with Crippen molar-refractivity contribution in [2.75, 3.05) is 33.8 Å². The van der Waals surface area contributed by atoms with Crippen LogP contribution in [0.5, 0.6) is 0 Å².